The summed E-state index contributed by atoms with van der Waals surface area (Å²) >= 11 is 1.39. The topological polar surface area (TPSA) is 72.5 Å². The van der Waals surface area contributed by atoms with Gasteiger partial charge in [0, 0.05) is 15.9 Å². The van der Waals surface area contributed by atoms with E-state index in [0.29, 0.717) is 4.91 Å². The largest absolute Gasteiger partial charge is 0.449 e. The minimum atomic E-state index is -3.69. The summed E-state index contributed by atoms with van der Waals surface area (Å²) in [7, 11) is -3.69. The maximum Gasteiger partial charge on any atom is 0.332 e. The minimum absolute atomic E-state index is 0.0411. The number of nitrogens with one attached hydrogen (secondary N) is 1. The van der Waals surface area contributed by atoms with Crippen LogP contribution in [-0.4, -0.2) is 26.5 Å². The lowest BCUT2D eigenvalue weighted by Crippen LogP contribution is -2.42. The molecule has 0 fully saturated rings. The fourth-order valence-corrected chi connectivity index (χ4v) is 4.63. The lowest BCUT2D eigenvalue weighted by atomic mass is 10.1. The summed E-state index contributed by atoms with van der Waals surface area (Å²) in [6.45, 7) is 3.55. The van der Waals surface area contributed by atoms with Crippen molar-refractivity contribution in [1.82, 2.24) is 4.72 Å². The van der Waals surface area contributed by atoms with E-state index >= 15 is 0 Å². The zero-order valence-electron chi connectivity index (χ0n) is 14.4. The highest BCUT2D eigenvalue weighted by atomic mass is 32.2. The molecule has 5 nitrogen and oxygen atoms in total. The average Bonchev–Trinajstić information content (AvgIpc) is 2.89. The van der Waals surface area contributed by atoms with Gasteiger partial charge < -0.3 is 4.74 Å². The molecule has 3 rings (SSSR count). The first kappa shape index (κ1) is 18.7. The monoisotopic (exact) mass is 389 g/mol. The maximum atomic E-state index is 12.5. The number of esters is 1. The van der Waals surface area contributed by atoms with E-state index in [1.807, 2.05) is 37.3 Å². The van der Waals surface area contributed by atoms with Gasteiger partial charge in [-0.05, 0) is 38.1 Å². The van der Waals surface area contributed by atoms with Gasteiger partial charge in [0.2, 0.25) is 10.0 Å². The van der Waals surface area contributed by atoms with E-state index in [0.717, 1.165) is 10.5 Å². The predicted octanol–water partition coefficient (Wildman–Crippen LogP) is 3.27. The van der Waals surface area contributed by atoms with Gasteiger partial charge in [0.05, 0.1) is 11.4 Å². The average molecular weight is 389 g/mol. The maximum absolute atomic E-state index is 12.5. The third kappa shape index (κ3) is 4.17. The number of aryl methyl sites for hydroxylation is 1. The Balaban J connectivity index is 1.76. The number of sulfonamides is 1. The van der Waals surface area contributed by atoms with Crippen LogP contribution in [0.4, 0.5) is 0 Å². The number of carbonyl (C=O) groups excluding carboxylic acids is 1. The van der Waals surface area contributed by atoms with Crippen LogP contribution in [0.1, 0.15) is 12.5 Å². The predicted molar refractivity (Wildman–Crippen MR) is 101 cm³/mol. The standard InChI is InChI=1S/C19H19NO4S2/c1-14-8-10-16(11-9-14)26(22,23)20-13-19(2)17(12-18(21)24-19)25-15-6-4-3-5-7-15/h3-12,20H,13H2,1-2H3. The van der Waals surface area contributed by atoms with Crippen molar-refractivity contribution < 1.29 is 17.9 Å². The molecule has 1 heterocycles. The first-order valence-corrected chi connectivity index (χ1v) is 10.3. The van der Waals surface area contributed by atoms with E-state index in [1.54, 1.807) is 31.2 Å². The number of ether oxygens (including phenoxy) is 1. The molecule has 0 saturated carbocycles. The molecule has 0 aromatic heterocycles. The molecule has 26 heavy (non-hydrogen) atoms. The molecular formula is C19H19NO4S2. The number of hydrogen-bond donors (Lipinski definition) is 1. The second kappa shape index (κ2) is 7.26. The highest BCUT2D eigenvalue weighted by molar-refractivity contribution is 8.03. The summed E-state index contributed by atoms with van der Waals surface area (Å²) in [5.74, 6) is -0.472. The lowest BCUT2D eigenvalue weighted by molar-refractivity contribution is -0.144. The number of carbonyl (C=O) groups is 1. The number of hydrogen-bond acceptors (Lipinski definition) is 5. The van der Waals surface area contributed by atoms with Gasteiger partial charge in [0.25, 0.3) is 0 Å². The van der Waals surface area contributed by atoms with Crippen LogP contribution < -0.4 is 4.72 Å². The van der Waals surface area contributed by atoms with Crippen LogP contribution in [0.2, 0.25) is 0 Å². The van der Waals surface area contributed by atoms with E-state index in [4.69, 9.17) is 4.74 Å². The highest BCUT2D eigenvalue weighted by Gasteiger charge is 2.40. The molecule has 0 spiro atoms. The zero-order valence-corrected chi connectivity index (χ0v) is 16.1. The van der Waals surface area contributed by atoms with E-state index in [2.05, 4.69) is 4.72 Å². The highest BCUT2D eigenvalue weighted by Crippen LogP contribution is 2.40. The third-order valence-corrected chi connectivity index (χ3v) is 6.69. The van der Waals surface area contributed by atoms with Crippen LogP contribution in [0.3, 0.4) is 0 Å². The van der Waals surface area contributed by atoms with Gasteiger partial charge in [-0.15, -0.1) is 0 Å². The van der Waals surface area contributed by atoms with Gasteiger partial charge in [-0.3, -0.25) is 0 Å². The molecule has 0 aliphatic carbocycles. The van der Waals surface area contributed by atoms with Crippen molar-refractivity contribution in [1.29, 1.82) is 0 Å². The van der Waals surface area contributed by atoms with E-state index in [9.17, 15) is 13.2 Å². The molecule has 2 aromatic carbocycles. The van der Waals surface area contributed by atoms with Gasteiger partial charge in [-0.2, -0.15) is 0 Å². The number of rotatable bonds is 6. The Kier molecular flexibility index (Phi) is 5.22. The van der Waals surface area contributed by atoms with Gasteiger partial charge >= 0.3 is 5.97 Å². The Morgan fingerprint density at radius 1 is 1.08 bits per heavy atom. The minimum Gasteiger partial charge on any atom is -0.449 e. The Morgan fingerprint density at radius 2 is 1.73 bits per heavy atom. The molecule has 1 aliphatic heterocycles. The van der Waals surface area contributed by atoms with Crippen molar-refractivity contribution in [2.75, 3.05) is 6.54 Å². The van der Waals surface area contributed by atoms with Crippen molar-refractivity contribution in [3.05, 3.63) is 71.1 Å². The fraction of sp³-hybridized carbons (Fsp3) is 0.211. The van der Waals surface area contributed by atoms with Gasteiger partial charge in [-0.1, -0.05) is 47.7 Å². The summed E-state index contributed by atoms with van der Waals surface area (Å²) < 4.78 is 33.0. The number of cyclic esters (lactones) is 1. The Morgan fingerprint density at radius 3 is 2.38 bits per heavy atom. The quantitative estimate of drug-likeness (QED) is 0.768. The van der Waals surface area contributed by atoms with Gasteiger partial charge in [0.15, 0.2) is 5.60 Å². The molecule has 0 amide bonds. The Labute approximate surface area is 157 Å². The number of thioether (sulfide) groups is 1. The lowest BCUT2D eigenvalue weighted by Gasteiger charge is -2.26. The van der Waals surface area contributed by atoms with Crippen LogP contribution in [-0.2, 0) is 19.6 Å². The normalized spacial score (nSPS) is 19.9. The van der Waals surface area contributed by atoms with Gasteiger partial charge in [-0.25, -0.2) is 17.9 Å². The van der Waals surface area contributed by atoms with E-state index in [-0.39, 0.29) is 11.4 Å². The second-order valence-corrected chi connectivity index (χ2v) is 9.10. The van der Waals surface area contributed by atoms with E-state index < -0.39 is 21.6 Å². The second-order valence-electron chi connectivity index (χ2n) is 6.21. The molecule has 7 heteroatoms. The van der Waals surface area contributed by atoms with Crippen molar-refractivity contribution in [3.63, 3.8) is 0 Å². The van der Waals surface area contributed by atoms with Gasteiger partial charge in [0.1, 0.15) is 0 Å². The zero-order chi connectivity index (χ0) is 18.8. The molecule has 1 aliphatic rings. The van der Waals surface area contributed by atoms with Crippen molar-refractivity contribution in [3.8, 4) is 0 Å². The molecule has 0 radical (unpaired) electrons. The summed E-state index contributed by atoms with van der Waals surface area (Å²) in [5, 5.41) is 0. The van der Waals surface area contributed by atoms with Crippen LogP contribution >= 0.6 is 11.8 Å². The molecule has 0 bridgehead atoms. The molecule has 136 valence electrons. The van der Waals surface area contributed by atoms with E-state index in [1.165, 1.54) is 17.8 Å². The molecule has 0 saturated heterocycles. The molecule has 1 atom stereocenters. The van der Waals surface area contributed by atoms with Crippen LogP contribution in [0.15, 0.2) is 75.4 Å². The third-order valence-electron chi connectivity index (χ3n) is 4.00. The van der Waals surface area contributed by atoms with Crippen molar-refractivity contribution in [2.45, 2.75) is 29.2 Å². The van der Waals surface area contributed by atoms with Crippen LogP contribution in [0.25, 0.3) is 0 Å². The Bertz CT molecular complexity index is 937. The van der Waals surface area contributed by atoms with Crippen molar-refractivity contribution in [2.24, 2.45) is 0 Å². The smallest absolute Gasteiger partial charge is 0.332 e. The number of benzene rings is 2. The van der Waals surface area contributed by atoms with Crippen LogP contribution in [0.5, 0.6) is 0 Å². The first-order valence-electron chi connectivity index (χ1n) is 8.03. The molecule has 2 aromatic rings. The van der Waals surface area contributed by atoms with Crippen molar-refractivity contribution >= 4 is 27.8 Å². The van der Waals surface area contributed by atoms with Crippen LogP contribution in [0, 0.1) is 6.92 Å². The fourth-order valence-electron chi connectivity index (χ4n) is 2.47. The SMILES string of the molecule is Cc1ccc(S(=O)(=O)NCC2(C)OC(=O)C=C2Sc2ccccc2)cc1. The summed E-state index contributed by atoms with van der Waals surface area (Å²) in [5.41, 5.74) is -0.0693. The summed E-state index contributed by atoms with van der Waals surface area (Å²) in [4.78, 5) is 13.6. The Hall–Kier alpha value is -2.09. The molecule has 1 N–H and O–H groups in total. The first-order chi connectivity index (χ1) is 12.3. The summed E-state index contributed by atoms with van der Waals surface area (Å²) in [6, 6.07) is 16.1. The molecule has 1 unspecified atom stereocenters. The summed E-state index contributed by atoms with van der Waals surface area (Å²) in [6.07, 6.45) is 1.41. The molecular weight excluding hydrogens is 370 g/mol.